The monoisotopic (exact) mass is 274 g/mol. The summed E-state index contributed by atoms with van der Waals surface area (Å²) in [5.41, 5.74) is 1.000. The Kier molecular flexibility index (Phi) is 3.60. The molecule has 0 atom stereocenters. The van der Waals surface area contributed by atoms with Crippen LogP contribution in [0.25, 0.3) is 0 Å². The summed E-state index contributed by atoms with van der Waals surface area (Å²) in [5.74, 6) is 2.39. The van der Waals surface area contributed by atoms with E-state index in [1.807, 2.05) is 19.9 Å². The van der Waals surface area contributed by atoms with Crippen molar-refractivity contribution in [1.29, 1.82) is 0 Å². The van der Waals surface area contributed by atoms with Crippen molar-refractivity contribution in [2.24, 2.45) is 0 Å². The number of nitrogens with zero attached hydrogens (tertiary/aromatic N) is 6. The van der Waals surface area contributed by atoms with E-state index in [-0.39, 0.29) is 0 Å². The van der Waals surface area contributed by atoms with Crippen LogP contribution in [0, 0.1) is 13.8 Å². The molecule has 0 spiro atoms. The lowest BCUT2D eigenvalue weighted by molar-refractivity contribution is 0.239. The molecule has 20 heavy (non-hydrogen) atoms. The van der Waals surface area contributed by atoms with Gasteiger partial charge in [-0.15, -0.1) is 0 Å². The van der Waals surface area contributed by atoms with E-state index in [4.69, 9.17) is 4.52 Å². The molecule has 2 aromatic rings. The van der Waals surface area contributed by atoms with Gasteiger partial charge in [0.1, 0.15) is 12.1 Å². The van der Waals surface area contributed by atoms with Crippen molar-refractivity contribution in [1.82, 2.24) is 25.0 Å². The second-order valence-electron chi connectivity index (χ2n) is 5.01. The number of hydrogen-bond donors (Lipinski definition) is 0. The van der Waals surface area contributed by atoms with E-state index < -0.39 is 0 Å². The van der Waals surface area contributed by atoms with Gasteiger partial charge in [0, 0.05) is 44.9 Å². The van der Waals surface area contributed by atoms with Gasteiger partial charge in [0.05, 0.1) is 6.54 Å². The van der Waals surface area contributed by atoms with Crippen LogP contribution < -0.4 is 4.90 Å². The number of piperazine rings is 1. The second-order valence-corrected chi connectivity index (χ2v) is 5.01. The lowest BCUT2D eigenvalue weighted by Crippen LogP contribution is -2.46. The van der Waals surface area contributed by atoms with Crippen LogP contribution >= 0.6 is 0 Å². The minimum atomic E-state index is 0.620. The summed E-state index contributed by atoms with van der Waals surface area (Å²) in [4.78, 5) is 17.3. The van der Waals surface area contributed by atoms with Gasteiger partial charge < -0.3 is 9.42 Å². The van der Waals surface area contributed by atoms with E-state index in [9.17, 15) is 0 Å². The molecule has 2 aromatic heterocycles. The zero-order valence-electron chi connectivity index (χ0n) is 11.8. The molecule has 1 aliphatic heterocycles. The molecule has 3 rings (SSSR count). The second kappa shape index (κ2) is 5.54. The Morgan fingerprint density at radius 1 is 1.15 bits per heavy atom. The van der Waals surface area contributed by atoms with E-state index >= 15 is 0 Å². The van der Waals surface area contributed by atoms with Crippen LogP contribution in [0.3, 0.4) is 0 Å². The Morgan fingerprint density at radius 2 is 1.95 bits per heavy atom. The predicted octanol–water partition coefficient (Wildman–Crippen LogP) is 0.799. The molecular weight excluding hydrogens is 256 g/mol. The first-order chi connectivity index (χ1) is 9.70. The molecule has 0 amide bonds. The topological polar surface area (TPSA) is 71.2 Å². The summed E-state index contributed by atoms with van der Waals surface area (Å²) in [6.07, 6.45) is 1.62. The Bertz CT molecular complexity index is 576. The first-order valence-corrected chi connectivity index (χ1v) is 6.76. The highest BCUT2D eigenvalue weighted by molar-refractivity contribution is 5.39. The minimum Gasteiger partial charge on any atom is -0.354 e. The Hall–Kier alpha value is -2.02. The smallest absolute Gasteiger partial charge is 0.223 e. The Balaban J connectivity index is 1.57. The van der Waals surface area contributed by atoms with Crippen molar-refractivity contribution in [2.45, 2.75) is 20.4 Å². The zero-order chi connectivity index (χ0) is 13.9. The van der Waals surface area contributed by atoms with Crippen molar-refractivity contribution in [3.05, 3.63) is 29.8 Å². The molecule has 0 unspecified atom stereocenters. The van der Waals surface area contributed by atoms with Gasteiger partial charge in [-0.25, -0.2) is 9.97 Å². The molecule has 1 saturated heterocycles. The average Bonchev–Trinajstić information content (AvgIpc) is 2.85. The fraction of sp³-hybridized carbons (Fsp3) is 0.538. The van der Waals surface area contributed by atoms with Gasteiger partial charge >= 0.3 is 0 Å². The molecule has 1 aliphatic rings. The first-order valence-electron chi connectivity index (χ1n) is 6.76. The summed E-state index contributed by atoms with van der Waals surface area (Å²) in [6, 6.07) is 2.03. The maximum atomic E-state index is 4.99. The van der Waals surface area contributed by atoms with Crippen molar-refractivity contribution >= 4 is 5.82 Å². The molecule has 0 N–H and O–H groups in total. The molecule has 0 radical (unpaired) electrons. The van der Waals surface area contributed by atoms with Gasteiger partial charge in [-0.2, -0.15) is 4.98 Å². The molecule has 0 bridgehead atoms. The van der Waals surface area contributed by atoms with Crippen LogP contribution in [-0.2, 0) is 6.54 Å². The number of rotatable bonds is 3. The SMILES string of the molecule is Cc1cc(N2CCN(Cc3noc(C)n3)CC2)ncn1. The van der Waals surface area contributed by atoms with Crippen molar-refractivity contribution in [3.63, 3.8) is 0 Å². The van der Waals surface area contributed by atoms with Gasteiger partial charge in [-0.3, -0.25) is 4.90 Å². The van der Waals surface area contributed by atoms with Gasteiger partial charge in [0.2, 0.25) is 5.89 Å². The fourth-order valence-electron chi connectivity index (χ4n) is 2.35. The highest BCUT2D eigenvalue weighted by Gasteiger charge is 2.19. The zero-order valence-corrected chi connectivity index (χ0v) is 11.8. The maximum absolute atomic E-state index is 4.99. The molecule has 0 saturated carbocycles. The fourth-order valence-corrected chi connectivity index (χ4v) is 2.35. The van der Waals surface area contributed by atoms with Crippen LogP contribution in [-0.4, -0.2) is 51.2 Å². The molecule has 3 heterocycles. The van der Waals surface area contributed by atoms with E-state index in [2.05, 4.69) is 29.9 Å². The van der Waals surface area contributed by atoms with Crippen LogP contribution in [0.15, 0.2) is 16.9 Å². The van der Waals surface area contributed by atoms with Crippen LogP contribution in [0.4, 0.5) is 5.82 Å². The van der Waals surface area contributed by atoms with Crippen LogP contribution in [0.5, 0.6) is 0 Å². The number of hydrogen-bond acceptors (Lipinski definition) is 7. The lowest BCUT2D eigenvalue weighted by atomic mass is 10.3. The number of aryl methyl sites for hydroxylation is 2. The number of anilines is 1. The normalized spacial score (nSPS) is 16.6. The Morgan fingerprint density at radius 3 is 2.60 bits per heavy atom. The van der Waals surface area contributed by atoms with Crippen molar-refractivity contribution in [2.75, 3.05) is 31.1 Å². The molecule has 1 fully saturated rings. The van der Waals surface area contributed by atoms with E-state index in [0.717, 1.165) is 50.1 Å². The molecule has 0 aromatic carbocycles. The number of aromatic nitrogens is 4. The minimum absolute atomic E-state index is 0.620. The lowest BCUT2D eigenvalue weighted by Gasteiger charge is -2.34. The average molecular weight is 274 g/mol. The third kappa shape index (κ3) is 2.93. The van der Waals surface area contributed by atoms with Gasteiger partial charge in [-0.05, 0) is 6.92 Å². The first kappa shape index (κ1) is 13.0. The third-order valence-corrected chi connectivity index (χ3v) is 3.42. The highest BCUT2D eigenvalue weighted by atomic mass is 16.5. The van der Waals surface area contributed by atoms with Gasteiger partial charge in [0.15, 0.2) is 5.82 Å². The highest BCUT2D eigenvalue weighted by Crippen LogP contribution is 2.14. The van der Waals surface area contributed by atoms with E-state index in [1.54, 1.807) is 6.33 Å². The quantitative estimate of drug-likeness (QED) is 0.819. The summed E-state index contributed by atoms with van der Waals surface area (Å²) in [5, 5.41) is 3.94. The molecule has 106 valence electrons. The summed E-state index contributed by atoms with van der Waals surface area (Å²) < 4.78 is 4.99. The Labute approximate surface area is 117 Å². The maximum Gasteiger partial charge on any atom is 0.223 e. The third-order valence-electron chi connectivity index (χ3n) is 3.42. The van der Waals surface area contributed by atoms with Crippen molar-refractivity contribution < 1.29 is 4.52 Å². The molecular formula is C13H18N6O. The van der Waals surface area contributed by atoms with Crippen molar-refractivity contribution in [3.8, 4) is 0 Å². The van der Waals surface area contributed by atoms with E-state index in [1.165, 1.54) is 0 Å². The van der Waals surface area contributed by atoms with Gasteiger partial charge in [0.25, 0.3) is 0 Å². The molecule has 7 nitrogen and oxygen atoms in total. The molecule has 7 heteroatoms. The standard InChI is InChI=1S/C13H18N6O/c1-10-7-13(15-9-14-10)19-5-3-18(4-6-19)8-12-16-11(2)20-17-12/h7,9H,3-6,8H2,1-2H3. The predicted molar refractivity (Wildman–Crippen MR) is 73.3 cm³/mol. The van der Waals surface area contributed by atoms with Crippen LogP contribution in [0.2, 0.25) is 0 Å². The largest absolute Gasteiger partial charge is 0.354 e. The van der Waals surface area contributed by atoms with Crippen LogP contribution in [0.1, 0.15) is 17.4 Å². The van der Waals surface area contributed by atoms with E-state index in [0.29, 0.717) is 5.89 Å². The van der Waals surface area contributed by atoms with Gasteiger partial charge in [-0.1, -0.05) is 5.16 Å². The summed E-state index contributed by atoms with van der Waals surface area (Å²) >= 11 is 0. The summed E-state index contributed by atoms with van der Waals surface area (Å²) in [6.45, 7) is 8.38. The summed E-state index contributed by atoms with van der Waals surface area (Å²) in [7, 11) is 0. The molecule has 0 aliphatic carbocycles.